The van der Waals surface area contributed by atoms with Crippen LogP contribution in [0.4, 0.5) is 0 Å². The number of ether oxygens (including phenoxy) is 2. The molecule has 1 N–H and O–H groups in total. The van der Waals surface area contributed by atoms with E-state index in [9.17, 15) is 19.5 Å². The van der Waals surface area contributed by atoms with Gasteiger partial charge >= 0.3 is 11.9 Å². The standard InChI is InChI=1S/C27H45NO6/c1-4-5-6-7-8-9-10-11-12-13-14-15-16-19-27(2)24(30)21(25(31)34-27)20-28-22(26(32)33-3)17-18-23(28)29/h13-14,21-22,24,30H,4-12,15-20H2,1-3H3/b14-13+/t21-,22?,24+,27-/m0/s1. The summed E-state index contributed by atoms with van der Waals surface area (Å²) in [5.74, 6) is -2.06. The van der Waals surface area contributed by atoms with Crippen LogP contribution < -0.4 is 0 Å². The summed E-state index contributed by atoms with van der Waals surface area (Å²) in [6.45, 7) is 3.98. The number of esters is 2. The van der Waals surface area contributed by atoms with E-state index in [-0.39, 0.29) is 18.9 Å². The second-order valence-corrected chi connectivity index (χ2v) is 10.0. The molecule has 0 aliphatic carbocycles. The first-order valence-electron chi connectivity index (χ1n) is 13.3. The monoisotopic (exact) mass is 479 g/mol. The van der Waals surface area contributed by atoms with Crippen LogP contribution in [0.1, 0.15) is 104 Å². The molecule has 2 saturated heterocycles. The lowest BCUT2D eigenvalue weighted by atomic mass is 9.87. The number of cyclic esters (lactones) is 1. The molecule has 2 aliphatic heterocycles. The van der Waals surface area contributed by atoms with Crippen molar-refractivity contribution in [2.24, 2.45) is 5.92 Å². The zero-order chi connectivity index (χ0) is 25.0. The number of hydrogen-bond donors (Lipinski definition) is 1. The molecule has 2 rings (SSSR count). The van der Waals surface area contributed by atoms with Crippen LogP contribution in [0.15, 0.2) is 12.2 Å². The van der Waals surface area contributed by atoms with Gasteiger partial charge in [0.2, 0.25) is 5.91 Å². The highest BCUT2D eigenvalue weighted by atomic mass is 16.6. The summed E-state index contributed by atoms with van der Waals surface area (Å²) in [5, 5.41) is 10.9. The number of unbranched alkanes of at least 4 members (excludes halogenated alkanes) is 9. The molecule has 7 nitrogen and oxygen atoms in total. The van der Waals surface area contributed by atoms with Gasteiger partial charge in [0.1, 0.15) is 23.7 Å². The van der Waals surface area contributed by atoms with Gasteiger partial charge in [-0.2, -0.15) is 0 Å². The van der Waals surface area contributed by atoms with E-state index < -0.39 is 35.6 Å². The summed E-state index contributed by atoms with van der Waals surface area (Å²) in [5.41, 5.74) is -0.975. The molecule has 1 amide bonds. The zero-order valence-electron chi connectivity index (χ0n) is 21.4. The molecule has 34 heavy (non-hydrogen) atoms. The minimum atomic E-state index is -1.02. The maximum Gasteiger partial charge on any atom is 0.328 e. The minimum absolute atomic E-state index is 0.0211. The van der Waals surface area contributed by atoms with E-state index in [0.29, 0.717) is 12.8 Å². The number of aliphatic hydroxyl groups is 1. The highest BCUT2D eigenvalue weighted by molar-refractivity contribution is 5.88. The van der Waals surface area contributed by atoms with Crippen molar-refractivity contribution in [2.45, 2.75) is 121 Å². The maximum absolute atomic E-state index is 12.5. The largest absolute Gasteiger partial charge is 0.467 e. The van der Waals surface area contributed by atoms with E-state index in [0.717, 1.165) is 19.3 Å². The molecular formula is C27H45NO6. The van der Waals surface area contributed by atoms with Crippen molar-refractivity contribution in [3.05, 3.63) is 12.2 Å². The van der Waals surface area contributed by atoms with Crippen LogP contribution in [-0.4, -0.2) is 59.3 Å². The van der Waals surface area contributed by atoms with Crippen LogP contribution in [-0.2, 0) is 23.9 Å². The fourth-order valence-corrected chi connectivity index (χ4v) is 5.05. The van der Waals surface area contributed by atoms with E-state index in [4.69, 9.17) is 9.47 Å². The molecule has 2 heterocycles. The van der Waals surface area contributed by atoms with E-state index in [1.54, 1.807) is 6.92 Å². The summed E-state index contributed by atoms with van der Waals surface area (Å²) in [6.07, 6.45) is 17.9. The number of rotatable bonds is 16. The Morgan fingerprint density at radius 2 is 1.71 bits per heavy atom. The summed E-state index contributed by atoms with van der Waals surface area (Å²) in [4.78, 5) is 38.1. The van der Waals surface area contributed by atoms with Gasteiger partial charge in [-0.3, -0.25) is 9.59 Å². The van der Waals surface area contributed by atoms with Crippen LogP contribution in [0.3, 0.4) is 0 Å². The zero-order valence-corrected chi connectivity index (χ0v) is 21.4. The first-order chi connectivity index (χ1) is 16.3. The van der Waals surface area contributed by atoms with Crippen molar-refractivity contribution in [1.29, 1.82) is 0 Å². The smallest absolute Gasteiger partial charge is 0.328 e. The Labute approximate surface area is 205 Å². The highest BCUT2D eigenvalue weighted by Gasteiger charge is 2.53. The SMILES string of the molecule is CCCCCCCCCC/C=C/CCC[C@]1(C)OC(=O)[C@@H](CN2C(=O)CCC2C(=O)OC)[C@H]1O. The lowest BCUT2D eigenvalue weighted by Gasteiger charge is -2.29. The summed E-state index contributed by atoms with van der Waals surface area (Å²) in [6, 6.07) is -0.699. The molecule has 0 aromatic heterocycles. The van der Waals surface area contributed by atoms with Crippen molar-refractivity contribution in [1.82, 2.24) is 4.90 Å². The second-order valence-electron chi connectivity index (χ2n) is 10.0. The molecule has 0 aromatic carbocycles. The third kappa shape index (κ3) is 8.10. The number of methoxy groups -OCH3 is 1. The Morgan fingerprint density at radius 1 is 1.09 bits per heavy atom. The average Bonchev–Trinajstić information content (AvgIpc) is 3.28. The fraction of sp³-hybridized carbons (Fsp3) is 0.815. The Kier molecular flexibility index (Phi) is 12.1. The predicted molar refractivity (Wildman–Crippen MR) is 131 cm³/mol. The van der Waals surface area contributed by atoms with Crippen molar-refractivity contribution in [3.8, 4) is 0 Å². The van der Waals surface area contributed by atoms with Crippen LogP contribution in [0, 0.1) is 5.92 Å². The maximum atomic E-state index is 12.5. The summed E-state index contributed by atoms with van der Waals surface area (Å²) < 4.78 is 10.4. The number of allylic oxidation sites excluding steroid dienone is 2. The molecule has 4 atom stereocenters. The van der Waals surface area contributed by atoms with Gasteiger partial charge in [-0.05, 0) is 45.4 Å². The van der Waals surface area contributed by atoms with Gasteiger partial charge in [-0.1, -0.05) is 64.0 Å². The predicted octanol–water partition coefficient (Wildman–Crippen LogP) is 4.70. The Morgan fingerprint density at radius 3 is 2.35 bits per heavy atom. The van der Waals surface area contributed by atoms with Crippen LogP contribution in [0.5, 0.6) is 0 Å². The number of hydrogen-bond acceptors (Lipinski definition) is 6. The summed E-state index contributed by atoms with van der Waals surface area (Å²) >= 11 is 0. The van der Waals surface area contributed by atoms with Crippen molar-refractivity contribution < 1.29 is 29.0 Å². The Hall–Kier alpha value is -1.89. The van der Waals surface area contributed by atoms with E-state index in [2.05, 4.69) is 19.1 Å². The van der Waals surface area contributed by atoms with Crippen LogP contribution in [0.2, 0.25) is 0 Å². The van der Waals surface area contributed by atoms with Gasteiger partial charge in [0, 0.05) is 13.0 Å². The molecule has 0 radical (unpaired) electrons. The second kappa shape index (κ2) is 14.5. The lowest BCUT2D eigenvalue weighted by molar-refractivity contribution is -0.153. The highest BCUT2D eigenvalue weighted by Crippen LogP contribution is 2.37. The number of carbonyl (C=O) groups excluding carboxylic acids is 3. The quantitative estimate of drug-likeness (QED) is 0.196. The van der Waals surface area contributed by atoms with Crippen LogP contribution in [0.25, 0.3) is 0 Å². The van der Waals surface area contributed by atoms with E-state index >= 15 is 0 Å². The number of likely N-dealkylation sites (tertiary alicyclic amines) is 1. The van der Waals surface area contributed by atoms with Gasteiger partial charge < -0.3 is 19.5 Å². The molecule has 2 aliphatic rings. The van der Waals surface area contributed by atoms with Gasteiger partial charge in [-0.25, -0.2) is 4.79 Å². The Balaban J connectivity index is 1.68. The van der Waals surface area contributed by atoms with Crippen LogP contribution >= 0.6 is 0 Å². The molecular weight excluding hydrogens is 434 g/mol. The van der Waals surface area contributed by atoms with Crippen molar-refractivity contribution in [3.63, 3.8) is 0 Å². The number of aliphatic hydroxyl groups excluding tert-OH is 1. The van der Waals surface area contributed by atoms with Crippen molar-refractivity contribution in [2.75, 3.05) is 13.7 Å². The third-order valence-electron chi connectivity index (χ3n) is 7.27. The van der Waals surface area contributed by atoms with Gasteiger partial charge in [-0.15, -0.1) is 0 Å². The minimum Gasteiger partial charge on any atom is -0.467 e. The molecule has 0 bridgehead atoms. The molecule has 0 spiro atoms. The van der Waals surface area contributed by atoms with Gasteiger partial charge in [0.05, 0.1) is 7.11 Å². The molecule has 0 saturated carbocycles. The van der Waals surface area contributed by atoms with Gasteiger partial charge in [0.25, 0.3) is 0 Å². The topological polar surface area (TPSA) is 93.1 Å². The average molecular weight is 480 g/mol. The molecule has 2 fully saturated rings. The third-order valence-corrected chi connectivity index (χ3v) is 7.27. The van der Waals surface area contributed by atoms with E-state index in [1.807, 2.05) is 0 Å². The van der Waals surface area contributed by atoms with Gasteiger partial charge in [0.15, 0.2) is 0 Å². The van der Waals surface area contributed by atoms with Crippen molar-refractivity contribution >= 4 is 17.8 Å². The normalized spacial score (nSPS) is 27.1. The molecule has 1 unspecified atom stereocenters. The molecule has 194 valence electrons. The number of carbonyl (C=O) groups is 3. The molecule has 7 heteroatoms. The van der Waals surface area contributed by atoms with E-state index in [1.165, 1.54) is 63.4 Å². The Bertz CT molecular complexity index is 693. The lowest BCUT2D eigenvalue weighted by Crippen LogP contribution is -2.47. The first kappa shape index (κ1) is 28.3. The summed E-state index contributed by atoms with van der Waals surface area (Å²) in [7, 11) is 1.28. The first-order valence-corrected chi connectivity index (χ1v) is 13.3. The fourth-order valence-electron chi connectivity index (χ4n) is 5.05. The molecule has 0 aromatic rings. The number of amides is 1. The number of nitrogens with zero attached hydrogens (tertiary/aromatic N) is 1.